The number of rotatable bonds is 5. The van der Waals surface area contributed by atoms with Crippen LogP contribution in [0.5, 0.6) is 0 Å². The number of aryl methyl sites for hydroxylation is 2. The van der Waals surface area contributed by atoms with Crippen LogP contribution >= 0.6 is 0 Å². The third-order valence-corrected chi connectivity index (χ3v) is 8.41. The number of piperazine rings is 1. The SMILES string of the molecule is Cc1cc2c(cnn2-c2ccc(F)cc2)cc1[C@H]1CN(S(=O)(=O)c2cnn(C)n2)CCN1C(=O)C(C)(C)F. The highest BCUT2D eigenvalue weighted by atomic mass is 32.2. The van der Waals surface area contributed by atoms with Crippen molar-refractivity contribution in [1.29, 1.82) is 0 Å². The van der Waals surface area contributed by atoms with E-state index < -0.39 is 27.6 Å². The molecule has 1 fully saturated rings. The highest BCUT2D eigenvalue weighted by molar-refractivity contribution is 7.89. The van der Waals surface area contributed by atoms with E-state index in [0.717, 1.165) is 21.3 Å². The van der Waals surface area contributed by atoms with Crippen LogP contribution in [0.4, 0.5) is 8.78 Å². The Bertz CT molecular complexity index is 1620. The lowest BCUT2D eigenvalue weighted by Gasteiger charge is -2.42. The van der Waals surface area contributed by atoms with Crippen molar-refractivity contribution in [2.24, 2.45) is 7.05 Å². The summed E-state index contributed by atoms with van der Waals surface area (Å²) in [6, 6.07) is 8.89. The maximum atomic E-state index is 14.8. The van der Waals surface area contributed by atoms with Crippen molar-refractivity contribution in [2.45, 2.75) is 37.5 Å². The summed E-state index contributed by atoms with van der Waals surface area (Å²) in [5, 5.41) is 12.8. The van der Waals surface area contributed by atoms with E-state index in [0.29, 0.717) is 11.3 Å². The van der Waals surface area contributed by atoms with Gasteiger partial charge < -0.3 is 4.90 Å². The number of amides is 1. The lowest BCUT2D eigenvalue weighted by atomic mass is 9.95. The molecule has 0 radical (unpaired) electrons. The standard InChI is InChI=1S/C25H27F2N7O3S/c1-16-11-21-17(13-29-34(21)19-7-5-18(26)6-8-19)12-20(16)22-15-32(9-10-33(22)24(35)25(2,3)27)38(36,37)23-14-28-31(4)30-23/h5-8,11-14,22H,9-10,15H2,1-4H3/t22-/m1/s1. The molecule has 10 nitrogen and oxygen atoms in total. The van der Waals surface area contributed by atoms with E-state index >= 15 is 0 Å². The molecule has 0 unspecified atom stereocenters. The van der Waals surface area contributed by atoms with Crippen molar-refractivity contribution in [3.8, 4) is 5.69 Å². The van der Waals surface area contributed by atoms with Crippen LogP contribution in [0.25, 0.3) is 16.6 Å². The van der Waals surface area contributed by atoms with Gasteiger partial charge in [-0.25, -0.2) is 21.9 Å². The third kappa shape index (κ3) is 4.56. The largest absolute Gasteiger partial charge is 0.330 e. The van der Waals surface area contributed by atoms with Gasteiger partial charge in [0.1, 0.15) is 5.82 Å². The highest BCUT2D eigenvalue weighted by Gasteiger charge is 2.42. The average Bonchev–Trinajstić information content (AvgIpc) is 3.49. The number of carbonyl (C=O) groups is 1. The first-order valence-electron chi connectivity index (χ1n) is 12.0. The molecule has 2 aromatic heterocycles. The molecular formula is C25H27F2N7O3S. The molecule has 1 saturated heterocycles. The third-order valence-electron chi connectivity index (χ3n) is 6.68. The van der Waals surface area contributed by atoms with E-state index in [2.05, 4.69) is 15.3 Å². The number of alkyl halides is 1. The van der Waals surface area contributed by atoms with E-state index in [1.165, 1.54) is 48.4 Å². The van der Waals surface area contributed by atoms with Crippen LogP contribution < -0.4 is 0 Å². The summed E-state index contributed by atoms with van der Waals surface area (Å²) in [7, 11) is -2.48. The molecular weight excluding hydrogens is 516 g/mol. The summed E-state index contributed by atoms with van der Waals surface area (Å²) in [5.74, 6) is -1.08. The molecule has 1 amide bonds. The Morgan fingerprint density at radius 2 is 1.79 bits per heavy atom. The molecule has 2 aromatic carbocycles. The Morgan fingerprint density at radius 1 is 1.08 bits per heavy atom. The Labute approximate surface area is 218 Å². The molecule has 1 aliphatic heterocycles. The number of aromatic nitrogens is 5. The minimum Gasteiger partial charge on any atom is -0.330 e. The lowest BCUT2D eigenvalue weighted by molar-refractivity contribution is -0.146. The van der Waals surface area contributed by atoms with E-state index in [4.69, 9.17) is 0 Å². The second kappa shape index (κ2) is 9.24. The fourth-order valence-corrected chi connectivity index (χ4v) is 6.07. The van der Waals surface area contributed by atoms with E-state index in [1.807, 2.05) is 19.1 Å². The van der Waals surface area contributed by atoms with Gasteiger partial charge in [-0.15, -0.1) is 5.10 Å². The zero-order valence-electron chi connectivity index (χ0n) is 21.3. The molecule has 200 valence electrons. The zero-order valence-corrected chi connectivity index (χ0v) is 22.2. The number of nitrogens with zero attached hydrogens (tertiary/aromatic N) is 7. The first kappa shape index (κ1) is 25.9. The first-order valence-corrected chi connectivity index (χ1v) is 13.4. The van der Waals surface area contributed by atoms with Crippen LogP contribution in [0.3, 0.4) is 0 Å². The van der Waals surface area contributed by atoms with Crippen molar-refractivity contribution < 1.29 is 22.0 Å². The number of halogens is 2. The van der Waals surface area contributed by atoms with Gasteiger partial charge in [0.2, 0.25) is 5.03 Å². The summed E-state index contributed by atoms with van der Waals surface area (Å²) < 4.78 is 57.8. The first-order chi connectivity index (χ1) is 17.9. The van der Waals surface area contributed by atoms with Crippen LogP contribution in [0.15, 0.2) is 53.8 Å². The second-order valence-corrected chi connectivity index (χ2v) is 11.7. The molecule has 0 aliphatic carbocycles. The number of sulfonamides is 1. The van der Waals surface area contributed by atoms with Gasteiger partial charge in [-0.1, -0.05) is 0 Å². The maximum Gasteiger partial charge on any atom is 0.264 e. The van der Waals surface area contributed by atoms with Gasteiger partial charge in [0.25, 0.3) is 15.9 Å². The predicted octanol–water partition coefficient (Wildman–Crippen LogP) is 2.92. The van der Waals surface area contributed by atoms with Crippen molar-refractivity contribution >= 4 is 26.8 Å². The number of hydrogen-bond donors (Lipinski definition) is 0. The van der Waals surface area contributed by atoms with E-state index in [1.54, 1.807) is 23.0 Å². The molecule has 38 heavy (non-hydrogen) atoms. The average molecular weight is 544 g/mol. The molecule has 0 bridgehead atoms. The summed E-state index contributed by atoms with van der Waals surface area (Å²) in [4.78, 5) is 15.7. The van der Waals surface area contributed by atoms with Gasteiger partial charge in [-0.3, -0.25) is 4.79 Å². The smallest absolute Gasteiger partial charge is 0.264 e. The fourth-order valence-electron chi connectivity index (χ4n) is 4.75. The van der Waals surface area contributed by atoms with Crippen molar-refractivity contribution in [3.05, 3.63) is 65.7 Å². The van der Waals surface area contributed by atoms with Crippen molar-refractivity contribution in [2.75, 3.05) is 19.6 Å². The monoisotopic (exact) mass is 543 g/mol. The van der Waals surface area contributed by atoms with E-state index in [9.17, 15) is 22.0 Å². The Morgan fingerprint density at radius 3 is 2.42 bits per heavy atom. The molecule has 1 atom stereocenters. The van der Waals surface area contributed by atoms with Gasteiger partial charge in [0.05, 0.1) is 29.6 Å². The number of hydrogen-bond acceptors (Lipinski definition) is 6. The van der Waals surface area contributed by atoms with Crippen molar-refractivity contribution in [1.82, 2.24) is 34.0 Å². The van der Waals surface area contributed by atoms with Gasteiger partial charge in [-0.2, -0.15) is 19.3 Å². The van der Waals surface area contributed by atoms with Crippen molar-refractivity contribution in [3.63, 3.8) is 0 Å². The molecule has 4 aromatic rings. The van der Waals surface area contributed by atoms with E-state index in [-0.39, 0.29) is 30.5 Å². The summed E-state index contributed by atoms with van der Waals surface area (Å²) in [5.41, 5.74) is 0.715. The molecule has 3 heterocycles. The minimum atomic E-state index is -4.00. The number of benzene rings is 2. The zero-order chi connectivity index (χ0) is 27.4. The van der Waals surface area contributed by atoms with Crippen LogP contribution in [-0.2, 0) is 21.9 Å². The maximum absolute atomic E-state index is 14.8. The number of fused-ring (bicyclic) bond motifs is 1. The van der Waals surface area contributed by atoms with Crippen LogP contribution in [-0.4, -0.2) is 73.6 Å². The minimum absolute atomic E-state index is 0.00264. The molecule has 13 heteroatoms. The molecule has 0 N–H and O–H groups in total. The van der Waals surface area contributed by atoms with Gasteiger partial charge in [0, 0.05) is 32.1 Å². The topological polar surface area (TPSA) is 106 Å². The summed E-state index contributed by atoms with van der Waals surface area (Å²) in [6.07, 6.45) is 2.82. The Hall–Kier alpha value is -3.71. The molecule has 0 spiro atoms. The van der Waals surface area contributed by atoms with Gasteiger partial charge in [-0.05, 0) is 68.3 Å². The fraction of sp³-hybridized carbons (Fsp3) is 0.360. The Balaban J connectivity index is 1.57. The molecule has 1 aliphatic rings. The van der Waals surface area contributed by atoms with Gasteiger partial charge in [0.15, 0.2) is 5.67 Å². The molecule has 5 rings (SSSR count). The Kier molecular flexibility index (Phi) is 6.30. The van der Waals surface area contributed by atoms with Crippen LogP contribution in [0.1, 0.15) is 31.0 Å². The second-order valence-electron chi connectivity index (χ2n) is 9.82. The number of carbonyl (C=O) groups excluding carboxylic acids is 1. The lowest BCUT2D eigenvalue weighted by Crippen LogP contribution is -2.55. The van der Waals surface area contributed by atoms with Crippen LogP contribution in [0.2, 0.25) is 0 Å². The molecule has 0 saturated carbocycles. The van der Waals surface area contributed by atoms with Crippen LogP contribution in [0, 0.1) is 12.7 Å². The summed E-state index contributed by atoms with van der Waals surface area (Å²) >= 11 is 0. The normalized spacial score (nSPS) is 17.3. The highest BCUT2D eigenvalue weighted by Crippen LogP contribution is 2.35. The van der Waals surface area contributed by atoms with Gasteiger partial charge >= 0.3 is 0 Å². The summed E-state index contributed by atoms with van der Waals surface area (Å²) in [6.45, 7) is 4.13. The predicted molar refractivity (Wildman–Crippen MR) is 135 cm³/mol. The quantitative estimate of drug-likeness (QED) is 0.383.